The number of carboxylic acid groups (broad SMARTS) is 1. The van der Waals surface area contributed by atoms with E-state index in [0.29, 0.717) is 18.0 Å². The zero-order valence-corrected chi connectivity index (χ0v) is 11.6. The van der Waals surface area contributed by atoms with Crippen LogP contribution in [0.5, 0.6) is 0 Å². The Morgan fingerprint density at radius 2 is 2.32 bits per heavy atom. The fourth-order valence-electron chi connectivity index (χ4n) is 1.28. The van der Waals surface area contributed by atoms with Crippen LogP contribution in [0, 0.1) is 0 Å². The molecule has 0 radical (unpaired) electrons. The summed E-state index contributed by atoms with van der Waals surface area (Å²) in [5, 5.41) is 11.2. The van der Waals surface area contributed by atoms with Crippen molar-refractivity contribution < 1.29 is 19.4 Å². The number of carbonyl (C=O) groups is 2. The lowest BCUT2D eigenvalue weighted by atomic mass is 10.3. The molecule has 0 bridgehead atoms. The number of nitrogens with one attached hydrogen (secondary N) is 1. The quantitative estimate of drug-likeness (QED) is 0.574. The van der Waals surface area contributed by atoms with Gasteiger partial charge in [0.05, 0.1) is 11.9 Å². The van der Waals surface area contributed by atoms with Crippen molar-refractivity contribution in [3.8, 4) is 0 Å². The lowest BCUT2D eigenvalue weighted by Gasteiger charge is -2.11. The molecule has 1 amide bonds. The molecule has 0 aliphatic heterocycles. The highest BCUT2D eigenvalue weighted by Gasteiger charge is 2.15. The molecule has 0 spiro atoms. The summed E-state index contributed by atoms with van der Waals surface area (Å²) in [4.78, 5) is 26.9. The molecule has 19 heavy (non-hydrogen) atoms. The summed E-state index contributed by atoms with van der Waals surface area (Å²) in [6.45, 7) is 2.67. The van der Waals surface area contributed by atoms with Crippen molar-refractivity contribution in [3.63, 3.8) is 0 Å². The van der Waals surface area contributed by atoms with Gasteiger partial charge in [0.25, 0.3) is 0 Å². The van der Waals surface area contributed by atoms with Crippen molar-refractivity contribution in [1.29, 1.82) is 0 Å². The van der Waals surface area contributed by atoms with Gasteiger partial charge in [0.2, 0.25) is 5.91 Å². The van der Waals surface area contributed by atoms with Crippen LogP contribution in [0.25, 0.3) is 0 Å². The molecule has 0 fully saturated rings. The van der Waals surface area contributed by atoms with Crippen LogP contribution >= 0.6 is 11.8 Å². The van der Waals surface area contributed by atoms with Gasteiger partial charge in [0, 0.05) is 24.7 Å². The molecular formula is C12H16N2O4S. The third-order valence-electron chi connectivity index (χ3n) is 2.24. The Balaban J connectivity index is 2.56. The Morgan fingerprint density at radius 3 is 2.95 bits per heavy atom. The van der Waals surface area contributed by atoms with Crippen molar-refractivity contribution in [2.24, 2.45) is 0 Å². The average molecular weight is 284 g/mol. The van der Waals surface area contributed by atoms with E-state index in [1.54, 1.807) is 20.1 Å². The second-order valence-corrected chi connectivity index (χ2v) is 5.14. The van der Waals surface area contributed by atoms with Crippen LogP contribution in [-0.2, 0) is 9.53 Å². The van der Waals surface area contributed by atoms with Gasteiger partial charge in [-0.05, 0) is 19.1 Å². The lowest BCUT2D eigenvalue weighted by molar-refractivity contribution is -0.120. The molecule has 0 aromatic carbocycles. The monoisotopic (exact) mass is 284 g/mol. The van der Waals surface area contributed by atoms with Crippen LogP contribution in [0.4, 0.5) is 0 Å². The van der Waals surface area contributed by atoms with Crippen molar-refractivity contribution in [2.45, 2.75) is 17.1 Å². The summed E-state index contributed by atoms with van der Waals surface area (Å²) in [5.41, 5.74) is -0.0306. The van der Waals surface area contributed by atoms with Crippen molar-refractivity contribution in [3.05, 3.63) is 24.0 Å². The zero-order valence-electron chi connectivity index (χ0n) is 10.8. The number of aromatic nitrogens is 1. The number of ether oxygens (including phenoxy) is 1. The third kappa shape index (κ3) is 5.27. The maximum Gasteiger partial charge on any atom is 0.354 e. The molecule has 7 heteroatoms. The standard InChI is InChI=1S/C12H16N2O4S/c1-8(11(15)14-5-6-18-2)19-9-3-4-13-10(7-9)12(16)17/h3-4,7-8H,5-6H2,1-2H3,(H,14,15)(H,16,17). The Morgan fingerprint density at radius 1 is 1.58 bits per heavy atom. The molecule has 1 aromatic rings. The van der Waals surface area contributed by atoms with E-state index in [9.17, 15) is 9.59 Å². The first-order valence-electron chi connectivity index (χ1n) is 5.67. The van der Waals surface area contributed by atoms with E-state index in [0.717, 1.165) is 0 Å². The minimum absolute atomic E-state index is 0.0306. The highest BCUT2D eigenvalue weighted by atomic mass is 32.2. The van der Waals surface area contributed by atoms with Gasteiger partial charge >= 0.3 is 5.97 Å². The van der Waals surface area contributed by atoms with Gasteiger partial charge < -0.3 is 15.2 Å². The van der Waals surface area contributed by atoms with Gasteiger partial charge in [-0.2, -0.15) is 0 Å². The highest BCUT2D eigenvalue weighted by molar-refractivity contribution is 8.00. The predicted molar refractivity (Wildman–Crippen MR) is 71.4 cm³/mol. The summed E-state index contributed by atoms with van der Waals surface area (Å²) < 4.78 is 4.84. The normalized spacial score (nSPS) is 11.9. The van der Waals surface area contributed by atoms with Gasteiger partial charge in [0.1, 0.15) is 5.69 Å². The second-order valence-electron chi connectivity index (χ2n) is 3.73. The van der Waals surface area contributed by atoms with Crippen molar-refractivity contribution >= 4 is 23.6 Å². The molecule has 1 unspecified atom stereocenters. The summed E-state index contributed by atoms with van der Waals surface area (Å²) in [6, 6.07) is 3.13. The first-order chi connectivity index (χ1) is 9.04. The molecule has 6 nitrogen and oxygen atoms in total. The van der Waals surface area contributed by atoms with Gasteiger partial charge in [0.15, 0.2) is 0 Å². The molecule has 1 heterocycles. The summed E-state index contributed by atoms with van der Waals surface area (Å²) in [5.74, 6) is -1.20. The summed E-state index contributed by atoms with van der Waals surface area (Å²) >= 11 is 1.29. The smallest absolute Gasteiger partial charge is 0.354 e. The van der Waals surface area contributed by atoms with Crippen molar-refractivity contribution in [1.82, 2.24) is 10.3 Å². The van der Waals surface area contributed by atoms with E-state index in [1.807, 2.05) is 0 Å². The topological polar surface area (TPSA) is 88.5 Å². The van der Waals surface area contributed by atoms with Crippen LogP contribution in [0.15, 0.2) is 23.2 Å². The molecule has 0 aliphatic carbocycles. The number of amides is 1. The van der Waals surface area contributed by atoms with Crippen LogP contribution in [0.2, 0.25) is 0 Å². The fourth-order valence-corrected chi connectivity index (χ4v) is 2.20. The maximum absolute atomic E-state index is 11.7. The Bertz CT molecular complexity index is 453. The molecule has 0 saturated carbocycles. The highest BCUT2D eigenvalue weighted by Crippen LogP contribution is 2.23. The largest absolute Gasteiger partial charge is 0.477 e. The molecule has 1 aromatic heterocycles. The summed E-state index contributed by atoms with van der Waals surface area (Å²) in [6.07, 6.45) is 1.42. The number of pyridine rings is 1. The molecular weight excluding hydrogens is 268 g/mol. The first kappa shape index (κ1) is 15.5. The minimum atomic E-state index is -1.08. The van der Waals surface area contributed by atoms with Gasteiger partial charge in [-0.15, -0.1) is 11.8 Å². The maximum atomic E-state index is 11.7. The average Bonchev–Trinajstić information content (AvgIpc) is 2.39. The third-order valence-corrected chi connectivity index (χ3v) is 3.33. The van der Waals surface area contributed by atoms with Crippen LogP contribution in [0.3, 0.4) is 0 Å². The molecule has 2 N–H and O–H groups in total. The molecule has 0 saturated heterocycles. The number of rotatable bonds is 7. The van der Waals surface area contributed by atoms with E-state index in [4.69, 9.17) is 9.84 Å². The number of hydrogen-bond donors (Lipinski definition) is 2. The Kier molecular flexibility index (Phi) is 6.31. The zero-order chi connectivity index (χ0) is 14.3. The first-order valence-corrected chi connectivity index (χ1v) is 6.55. The Hall–Kier alpha value is -1.60. The Labute approximate surface area is 115 Å². The number of aromatic carboxylic acids is 1. The van der Waals surface area contributed by atoms with Crippen LogP contribution < -0.4 is 5.32 Å². The van der Waals surface area contributed by atoms with E-state index in [1.165, 1.54) is 24.0 Å². The summed E-state index contributed by atoms with van der Waals surface area (Å²) in [7, 11) is 1.56. The number of thioether (sulfide) groups is 1. The van der Waals surface area contributed by atoms with E-state index in [2.05, 4.69) is 10.3 Å². The van der Waals surface area contributed by atoms with Crippen LogP contribution in [-0.4, -0.2) is 47.5 Å². The number of carboxylic acids is 1. The van der Waals surface area contributed by atoms with E-state index >= 15 is 0 Å². The molecule has 104 valence electrons. The van der Waals surface area contributed by atoms with Gasteiger partial charge in [-0.25, -0.2) is 9.78 Å². The lowest BCUT2D eigenvalue weighted by Crippen LogP contribution is -2.33. The minimum Gasteiger partial charge on any atom is -0.477 e. The SMILES string of the molecule is COCCNC(=O)C(C)Sc1ccnc(C(=O)O)c1. The fraction of sp³-hybridized carbons (Fsp3) is 0.417. The van der Waals surface area contributed by atoms with Crippen molar-refractivity contribution in [2.75, 3.05) is 20.3 Å². The number of carbonyl (C=O) groups excluding carboxylic acids is 1. The molecule has 1 rings (SSSR count). The molecule has 1 atom stereocenters. The molecule has 0 aliphatic rings. The second kappa shape index (κ2) is 7.75. The predicted octanol–water partition coefficient (Wildman–Crippen LogP) is 1.02. The number of hydrogen-bond acceptors (Lipinski definition) is 5. The number of methoxy groups -OCH3 is 1. The van der Waals surface area contributed by atoms with E-state index in [-0.39, 0.29) is 16.9 Å². The van der Waals surface area contributed by atoms with Crippen LogP contribution in [0.1, 0.15) is 17.4 Å². The van der Waals surface area contributed by atoms with E-state index < -0.39 is 5.97 Å². The van der Waals surface area contributed by atoms with Gasteiger partial charge in [-0.1, -0.05) is 0 Å². The number of nitrogens with zero attached hydrogens (tertiary/aromatic N) is 1. The van der Waals surface area contributed by atoms with Gasteiger partial charge in [-0.3, -0.25) is 4.79 Å².